The lowest BCUT2D eigenvalue weighted by Crippen LogP contribution is -2.39. The molecule has 92 valence electrons. The maximum absolute atomic E-state index is 3.70. The van der Waals surface area contributed by atoms with Crippen molar-refractivity contribution in [2.45, 2.75) is 32.7 Å². The molecule has 2 aliphatic rings. The first-order valence-corrected chi connectivity index (χ1v) is 6.81. The van der Waals surface area contributed by atoms with Crippen LogP contribution in [0.5, 0.6) is 0 Å². The monoisotopic (exact) mass is 222 g/mol. The smallest absolute Gasteiger partial charge is 0.0104 e. The third-order valence-corrected chi connectivity index (χ3v) is 4.47. The molecule has 2 nitrogen and oxygen atoms in total. The zero-order chi connectivity index (χ0) is 11.5. The summed E-state index contributed by atoms with van der Waals surface area (Å²) in [4.78, 5) is 2.36. The Balaban J connectivity index is 1.68. The normalized spacial score (nSPS) is 33.9. The molecule has 2 bridgehead atoms. The Hall–Kier alpha value is -0.340. The van der Waals surface area contributed by atoms with E-state index in [1.54, 1.807) is 0 Å². The molecule has 1 saturated carbocycles. The molecule has 1 N–H and O–H groups in total. The Kier molecular flexibility index (Phi) is 4.04. The number of likely N-dealkylation sites (N-methyl/N-ethyl adjacent to an activating group) is 1. The highest BCUT2D eigenvalue weighted by Gasteiger charge is 2.38. The number of hydrogen-bond donors (Lipinski definition) is 1. The summed E-state index contributed by atoms with van der Waals surface area (Å²) >= 11 is 0. The van der Waals surface area contributed by atoms with Crippen molar-refractivity contribution >= 4 is 0 Å². The van der Waals surface area contributed by atoms with Crippen molar-refractivity contribution in [2.24, 2.45) is 17.8 Å². The van der Waals surface area contributed by atoms with E-state index in [1.165, 1.54) is 12.8 Å². The van der Waals surface area contributed by atoms with Crippen molar-refractivity contribution in [3.8, 4) is 0 Å². The molecule has 2 rings (SSSR count). The molecule has 4 unspecified atom stereocenters. The van der Waals surface area contributed by atoms with Crippen molar-refractivity contribution < 1.29 is 0 Å². The first-order valence-electron chi connectivity index (χ1n) is 6.81. The number of rotatable bonds is 6. The van der Waals surface area contributed by atoms with Gasteiger partial charge >= 0.3 is 0 Å². The van der Waals surface area contributed by atoms with Crippen molar-refractivity contribution in [1.29, 1.82) is 0 Å². The summed E-state index contributed by atoms with van der Waals surface area (Å²) in [5.41, 5.74) is 0. The molecule has 0 saturated heterocycles. The third kappa shape index (κ3) is 2.67. The Labute approximate surface area is 100 Å². The van der Waals surface area contributed by atoms with Crippen LogP contribution in [0, 0.1) is 17.8 Å². The minimum atomic E-state index is 0.685. The summed E-state index contributed by atoms with van der Waals surface area (Å²) in [6.45, 7) is 8.02. The summed E-state index contributed by atoms with van der Waals surface area (Å²) < 4.78 is 0. The molecular weight excluding hydrogens is 196 g/mol. The van der Waals surface area contributed by atoms with Gasteiger partial charge in [0.2, 0.25) is 0 Å². The van der Waals surface area contributed by atoms with Gasteiger partial charge in [-0.05, 0) is 51.1 Å². The standard InChI is InChI=1S/C14H26N2/c1-4-16(3)8-7-15-11(2)14-10-12-5-6-13(14)9-12/h5-6,11-15H,4,7-10H2,1-3H3. The van der Waals surface area contributed by atoms with Gasteiger partial charge in [-0.15, -0.1) is 0 Å². The Morgan fingerprint density at radius 2 is 2.19 bits per heavy atom. The first-order chi connectivity index (χ1) is 7.70. The van der Waals surface area contributed by atoms with E-state index in [1.807, 2.05) is 0 Å². The molecule has 4 atom stereocenters. The van der Waals surface area contributed by atoms with Gasteiger partial charge in [0, 0.05) is 19.1 Å². The second-order valence-electron chi connectivity index (χ2n) is 5.58. The molecule has 0 aromatic carbocycles. The molecule has 0 radical (unpaired) electrons. The molecule has 1 fully saturated rings. The van der Waals surface area contributed by atoms with Crippen LogP contribution in [0.1, 0.15) is 26.7 Å². The van der Waals surface area contributed by atoms with E-state index in [0.29, 0.717) is 6.04 Å². The van der Waals surface area contributed by atoms with E-state index in [2.05, 4.69) is 43.3 Å². The van der Waals surface area contributed by atoms with Crippen molar-refractivity contribution in [2.75, 3.05) is 26.7 Å². The first kappa shape index (κ1) is 12.1. The van der Waals surface area contributed by atoms with Gasteiger partial charge in [-0.1, -0.05) is 19.1 Å². The lowest BCUT2D eigenvalue weighted by molar-refractivity contribution is 0.296. The fourth-order valence-electron chi connectivity index (χ4n) is 3.19. The molecule has 0 aliphatic heterocycles. The average Bonchev–Trinajstić information content (AvgIpc) is 2.90. The van der Waals surface area contributed by atoms with Gasteiger partial charge in [0.05, 0.1) is 0 Å². The van der Waals surface area contributed by atoms with E-state index < -0.39 is 0 Å². The molecule has 0 aromatic heterocycles. The topological polar surface area (TPSA) is 15.3 Å². The van der Waals surface area contributed by atoms with Crippen LogP contribution in [-0.4, -0.2) is 37.6 Å². The van der Waals surface area contributed by atoms with Crippen LogP contribution in [0.15, 0.2) is 12.2 Å². The summed E-state index contributed by atoms with van der Waals surface area (Å²) in [6.07, 6.45) is 7.72. The quantitative estimate of drug-likeness (QED) is 0.693. The summed E-state index contributed by atoms with van der Waals surface area (Å²) in [6, 6.07) is 0.685. The predicted molar refractivity (Wildman–Crippen MR) is 69.5 cm³/mol. The SMILES string of the molecule is CCN(C)CCNC(C)C1CC2C=CC1C2. The van der Waals surface area contributed by atoms with Gasteiger partial charge < -0.3 is 10.2 Å². The molecule has 0 spiro atoms. The van der Waals surface area contributed by atoms with Crippen molar-refractivity contribution in [3.05, 3.63) is 12.2 Å². The predicted octanol–water partition coefficient (Wildman–Crippen LogP) is 2.13. The summed E-state index contributed by atoms with van der Waals surface area (Å²) in [5.74, 6) is 2.66. The van der Waals surface area contributed by atoms with E-state index in [4.69, 9.17) is 0 Å². The molecule has 0 amide bonds. The third-order valence-electron chi connectivity index (χ3n) is 4.47. The Morgan fingerprint density at radius 1 is 1.38 bits per heavy atom. The highest BCUT2D eigenvalue weighted by molar-refractivity contribution is 5.11. The molecule has 0 aromatic rings. The highest BCUT2D eigenvalue weighted by atomic mass is 15.1. The van der Waals surface area contributed by atoms with Gasteiger partial charge in [-0.25, -0.2) is 0 Å². The molecule has 0 heterocycles. The van der Waals surface area contributed by atoms with E-state index >= 15 is 0 Å². The number of hydrogen-bond acceptors (Lipinski definition) is 2. The molecule has 2 heteroatoms. The van der Waals surface area contributed by atoms with E-state index in [0.717, 1.165) is 37.4 Å². The van der Waals surface area contributed by atoms with Gasteiger partial charge in [0.25, 0.3) is 0 Å². The molecular formula is C14H26N2. The van der Waals surface area contributed by atoms with Crippen LogP contribution < -0.4 is 5.32 Å². The minimum absolute atomic E-state index is 0.685. The van der Waals surface area contributed by atoms with Crippen LogP contribution in [0.3, 0.4) is 0 Å². The zero-order valence-corrected chi connectivity index (χ0v) is 10.9. The van der Waals surface area contributed by atoms with Crippen LogP contribution in [0.25, 0.3) is 0 Å². The van der Waals surface area contributed by atoms with Crippen LogP contribution in [0.2, 0.25) is 0 Å². The number of nitrogens with zero attached hydrogens (tertiary/aromatic N) is 1. The van der Waals surface area contributed by atoms with Gasteiger partial charge in [-0.3, -0.25) is 0 Å². The second-order valence-corrected chi connectivity index (χ2v) is 5.58. The fourth-order valence-corrected chi connectivity index (χ4v) is 3.19. The summed E-state index contributed by atoms with van der Waals surface area (Å²) in [7, 11) is 2.19. The van der Waals surface area contributed by atoms with Crippen LogP contribution in [-0.2, 0) is 0 Å². The zero-order valence-electron chi connectivity index (χ0n) is 10.9. The second kappa shape index (κ2) is 5.33. The van der Waals surface area contributed by atoms with Gasteiger partial charge in [-0.2, -0.15) is 0 Å². The largest absolute Gasteiger partial charge is 0.313 e. The van der Waals surface area contributed by atoms with Crippen LogP contribution in [0.4, 0.5) is 0 Å². The van der Waals surface area contributed by atoms with Gasteiger partial charge in [0.1, 0.15) is 0 Å². The number of allylic oxidation sites excluding steroid dienone is 2. The van der Waals surface area contributed by atoms with E-state index in [-0.39, 0.29) is 0 Å². The lowest BCUT2D eigenvalue weighted by atomic mass is 9.87. The summed E-state index contributed by atoms with van der Waals surface area (Å²) in [5, 5.41) is 3.70. The van der Waals surface area contributed by atoms with E-state index in [9.17, 15) is 0 Å². The van der Waals surface area contributed by atoms with Gasteiger partial charge in [0.15, 0.2) is 0 Å². The van der Waals surface area contributed by atoms with Crippen LogP contribution >= 0.6 is 0 Å². The number of fused-ring (bicyclic) bond motifs is 2. The van der Waals surface area contributed by atoms with Crippen molar-refractivity contribution in [1.82, 2.24) is 10.2 Å². The maximum atomic E-state index is 3.70. The Morgan fingerprint density at radius 3 is 2.75 bits per heavy atom. The number of nitrogens with one attached hydrogen (secondary N) is 1. The fraction of sp³-hybridized carbons (Fsp3) is 0.857. The Bertz CT molecular complexity index is 249. The molecule has 2 aliphatic carbocycles. The van der Waals surface area contributed by atoms with Crippen molar-refractivity contribution in [3.63, 3.8) is 0 Å². The highest BCUT2D eigenvalue weighted by Crippen LogP contribution is 2.44. The maximum Gasteiger partial charge on any atom is 0.0104 e. The molecule has 16 heavy (non-hydrogen) atoms. The minimum Gasteiger partial charge on any atom is -0.313 e. The lowest BCUT2D eigenvalue weighted by Gasteiger charge is -2.27. The average molecular weight is 222 g/mol.